The van der Waals surface area contributed by atoms with E-state index in [1.807, 2.05) is 0 Å². The summed E-state index contributed by atoms with van der Waals surface area (Å²) in [4.78, 5) is 0. The van der Waals surface area contributed by atoms with Crippen LogP contribution in [-0.2, 0) is 0 Å². The molecule has 0 aromatic rings. The van der Waals surface area contributed by atoms with Crippen molar-refractivity contribution in [2.24, 2.45) is 0 Å². The maximum atomic E-state index is 5.89. The van der Waals surface area contributed by atoms with E-state index >= 15 is 0 Å². The Balaban J connectivity index is 3.01. The Morgan fingerprint density at radius 1 is 0.385 bits per heavy atom. The van der Waals surface area contributed by atoms with Crippen molar-refractivity contribution >= 4 is 39.2 Å². The Morgan fingerprint density at radius 3 is 0.846 bits per heavy atom. The average Bonchev–Trinajstić information content (AvgIpc) is 2.59. The molecule has 0 saturated heterocycles. The van der Waals surface area contributed by atoms with Gasteiger partial charge in [0.1, 0.15) is 0 Å². The van der Waals surface area contributed by atoms with Gasteiger partial charge in [-0.05, 0) is 6.04 Å². The normalized spacial score (nSPS) is 12.0. The minimum Gasteiger partial charge on any atom is -0.126 e. The van der Waals surface area contributed by atoms with Crippen molar-refractivity contribution < 1.29 is 0 Å². The zero-order chi connectivity index (χ0) is 19.3. The van der Waals surface area contributed by atoms with Gasteiger partial charge in [0.15, 0.2) is 0 Å². The zero-order valence-electron chi connectivity index (χ0n) is 17.2. The lowest BCUT2D eigenvalue weighted by atomic mass is 10.0. The summed E-state index contributed by atoms with van der Waals surface area (Å²) in [7, 11) is 0. The lowest BCUT2D eigenvalue weighted by Gasteiger charge is -2.07. The summed E-state index contributed by atoms with van der Waals surface area (Å²) in [6.07, 6.45) is 27.5. The van der Waals surface area contributed by atoms with Gasteiger partial charge < -0.3 is 0 Å². The molecule has 0 N–H and O–H groups in total. The molecule has 0 nitrogen and oxygen atoms in total. The van der Waals surface area contributed by atoms with Crippen LogP contribution in [-0.4, -0.2) is 6.00 Å². The highest BCUT2D eigenvalue weighted by atomic mass is 35.8. The molecule has 0 aliphatic carbocycles. The predicted octanol–water partition coefficient (Wildman–Crippen LogP) is 10.3. The summed E-state index contributed by atoms with van der Waals surface area (Å²) < 4.78 is 0. The Bertz CT molecular complexity index is 267. The van der Waals surface area contributed by atoms with Crippen LogP contribution in [0.25, 0.3) is 0 Å². The first-order chi connectivity index (χ1) is 12.6. The highest BCUT2D eigenvalue weighted by molar-refractivity contribution is 7.64. The number of halogens is 3. The molecule has 157 valence electrons. The molecule has 0 aromatic heterocycles. The standard InChI is InChI=1S/C22H44Cl3Si/c1-2-3-4-5-6-7-8-9-10-11-12-13-14-15-16-17-18-19-20-21-22-26(23,24)25/h1-22H2. The van der Waals surface area contributed by atoms with Crippen molar-refractivity contribution in [2.75, 3.05) is 0 Å². The third-order valence-corrected chi connectivity index (χ3v) is 7.83. The van der Waals surface area contributed by atoms with Crippen LogP contribution in [0.3, 0.4) is 0 Å². The van der Waals surface area contributed by atoms with Gasteiger partial charge in [0.2, 0.25) is 0 Å². The largest absolute Gasteiger partial charge is 0.341 e. The van der Waals surface area contributed by atoms with Gasteiger partial charge >= 0.3 is 6.00 Å². The molecule has 0 aliphatic heterocycles. The summed E-state index contributed by atoms with van der Waals surface area (Å²) in [5.41, 5.74) is 0. The second-order valence-electron chi connectivity index (χ2n) is 7.94. The van der Waals surface area contributed by atoms with E-state index in [0.29, 0.717) is 0 Å². The highest BCUT2D eigenvalue weighted by Gasteiger charge is 2.23. The molecule has 0 aromatic carbocycles. The lowest BCUT2D eigenvalue weighted by Crippen LogP contribution is -2.07. The highest BCUT2D eigenvalue weighted by Crippen LogP contribution is 2.27. The van der Waals surface area contributed by atoms with Crippen molar-refractivity contribution in [1.29, 1.82) is 0 Å². The van der Waals surface area contributed by atoms with Crippen LogP contribution in [0.2, 0.25) is 6.04 Å². The SMILES string of the molecule is [CH2]CCCCCCCCCCCCCCCCCCCCC[Si](Cl)(Cl)Cl. The molecule has 0 spiro atoms. The van der Waals surface area contributed by atoms with Crippen molar-refractivity contribution in [2.45, 2.75) is 134 Å². The van der Waals surface area contributed by atoms with Crippen molar-refractivity contribution in [3.05, 3.63) is 6.92 Å². The molecule has 0 heterocycles. The minimum absolute atomic E-state index is 0.828. The third-order valence-electron chi connectivity index (χ3n) is 5.21. The number of hydrogen-bond acceptors (Lipinski definition) is 0. The van der Waals surface area contributed by atoms with Gasteiger partial charge in [0.25, 0.3) is 0 Å². The maximum Gasteiger partial charge on any atom is 0.341 e. The van der Waals surface area contributed by atoms with Crippen LogP contribution in [0, 0.1) is 6.92 Å². The number of unbranched alkanes of at least 4 members (excludes halogenated alkanes) is 19. The summed E-state index contributed by atoms with van der Waals surface area (Å²) in [6.45, 7) is 3.90. The van der Waals surface area contributed by atoms with Crippen molar-refractivity contribution in [3.8, 4) is 0 Å². The Hall–Kier alpha value is 1.09. The average molecular weight is 443 g/mol. The van der Waals surface area contributed by atoms with E-state index in [2.05, 4.69) is 6.92 Å². The molecular weight excluding hydrogens is 399 g/mol. The van der Waals surface area contributed by atoms with E-state index in [1.165, 1.54) is 116 Å². The van der Waals surface area contributed by atoms with E-state index in [4.69, 9.17) is 33.2 Å². The zero-order valence-corrected chi connectivity index (χ0v) is 20.5. The molecule has 0 bridgehead atoms. The van der Waals surface area contributed by atoms with Gasteiger partial charge in [-0.3, -0.25) is 0 Å². The van der Waals surface area contributed by atoms with E-state index in [9.17, 15) is 0 Å². The maximum absolute atomic E-state index is 5.89. The minimum atomic E-state index is -2.36. The molecule has 0 unspecified atom stereocenters. The number of rotatable bonds is 21. The second-order valence-corrected chi connectivity index (χ2v) is 17.2. The first kappa shape index (κ1) is 27.1. The summed E-state index contributed by atoms with van der Waals surface area (Å²) in [6, 6.07) is -1.53. The first-order valence-corrected chi connectivity index (χ1v) is 16.7. The fourth-order valence-corrected chi connectivity index (χ4v) is 5.36. The molecule has 4 heteroatoms. The van der Waals surface area contributed by atoms with Gasteiger partial charge in [-0.1, -0.05) is 135 Å². The summed E-state index contributed by atoms with van der Waals surface area (Å²) in [5, 5.41) is 0. The Kier molecular flexibility index (Phi) is 21.7. The molecule has 0 rings (SSSR count). The Labute approximate surface area is 180 Å². The molecule has 0 atom stereocenters. The molecule has 0 fully saturated rings. The predicted molar refractivity (Wildman–Crippen MR) is 126 cm³/mol. The third kappa shape index (κ3) is 25.1. The van der Waals surface area contributed by atoms with Crippen LogP contribution in [0.1, 0.15) is 128 Å². The monoisotopic (exact) mass is 441 g/mol. The van der Waals surface area contributed by atoms with Gasteiger partial charge in [-0.2, -0.15) is 0 Å². The van der Waals surface area contributed by atoms with Gasteiger partial charge in [0.05, 0.1) is 0 Å². The van der Waals surface area contributed by atoms with Crippen LogP contribution in [0.5, 0.6) is 0 Å². The van der Waals surface area contributed by atoms with E-state index in [-0.39, 0.29) is 0 Å². The quantitative estimate of drug-likeness (QED) is 0.0941. The van der Waals surface area contributed by atoms with Crippen LogP contribution < -0.4 is 0 Å². The van der Waals surface area contributed by atoms with Gasteiger partial charge in [-0.25, -0.2) is 0 Å². The smallest absolute Gasteiger partial charge is 0.126 e. The summed E-state index contributed by atoms with van der Waals surface area (Å²) >= 11 is 17.7. The molecular formula is C22H44Cl3Si. The van der Waals surface area contributed by atoms with Crippen LogP contribution in [0.15, 0.2) is 0 Å². The first-order valence-electron chi connectivity index (χ1n) is 11.4. The molecule has 0 saturated carbocycles. The van der Waals surface area contributed by atoms with Crippen LogP contribution in [0.4, 0.5) is 0 Å². The Morgan fingerprint density at radius 2 is 0.615 bits per heavy atom. The topological polar surface area (TPSA) is 0 Å². The molecule has 0 amide bonds. The summed E-state index contributed by atoms with van der Waals surface area (Å²) in [5.74, 6) is 0. The molecule has 1 radical (unpaired) electrons. The van der Waals surface area contributed by atoms with E-state index in [0.717, 1.165) is 18.9 Å². The fourth-order valence-electron chi connectivity index (χ4n) is 3.51. The van der Waals surface area contributed by atoms with Crippen molar-refractivity contribution in [1.82, 2.24) is 0 Å². The van der Waals surface area contributed by atoms with Gasteiger partial charge in [0, 0.05) is 0 Å². The lowest BCUT2D eigenvalue weighted by molar-refractivity contribution is 0.523. The fraction of sp³-hybridized carbons (Fsp3) is 0.955. The molecule has 0 aliphatic rings. The van der Waals surface area contributed by atoms with Gasteiger partial charge in [-0.15, -0.1) is 33.2 Å². The van der Waals surface area contributed by atoms with Crippen molar-refractivity contribution in [3.63, 3.8) is 0 Å². The molecule has 26 heavy (non-hydrogen) atoms. The number of hydrogen-bond donors (Lipinski definition) is 0. The van der Waals surface area contributed by atoms with E-state index < -0.39 is 6.00 Å². The second kappa shape index (κ2) is 20.8. The van der Waals surface area contributed by atoms with E-state index in [1.54, 1.807) is 0 Å². The van der Waals surface area contributed by atoms with Crippen LogP contribution >= 0.6 is 33.2 Å².